The largest absolute Gasteiger partial charge is 0.478 e. The Bertz CT molecular complexity index is 955. The van der Waals surface area contributed by atoms with Crippen molar-refractivity contribution >= 4 is 24.0 Å². The molecule has 3 amide bonds. The molecule has 3 rings (SSSR count). The number of nitrogens with one attached hydrogen (secondary N) is 1. The van der Waals surface area contributed by atoms with Gasteiger partial charge in [-0.2, -0.15) is 0 Å². The Kier molecular flexibility index (Phi) is 4.45. The topological polar surface area (TPSA) is 99.8 Å². The van der Waals surface area contributed by atoms with Crippen molar-refractivity contribution in [3.8, 4) is 11.3 Å². The minimum Gasteiger partial charge on any atom is -0.478 e. The average molecular weight is 352 g/mol. The Morgan fingerprint density at radius 3 is 2.77 bits per heavy atom. The van der Waals surface area contributed by atoms with Crippen molar-refractivity contribution in [3.63, 3.8) is 0 Å². The number of aryl methyl sites for hydroxylation is 1. The van der Waals surface area contributed by atoms with Gasteiger partial charge in [-0.25, -0.2) is 9.59 Å². The maximum absolute atomic E-state index is 12.2. The van der Waals surface area contributed by atoms with Gasteiger partial charge in [-0.3, -0.25) is 9.69 Å². The SMILES string of the molecule is C=CCN1C(=O)N/C(=C/c2ccc(-c3cc(C(=O)O)ccc3C)o2)C1=O. The van der Waals surface area contributed by atoms with Crippen LogP contribution in [0.4, 0.5) is 4.79 Å². The summed E-state index contributed by atoms with van der Waals surface area (Å²) in [7, 11) is 0. The molecule has 1 aromatic carbocycles. The summed E-state index contributed by atoms with van der Waals surface area (Å²) in [4.78, 5) is 36.1. The lowest BCUT2D eigenvalue weighted by Crippen LogP contribution is -2.30. The smallest absolute Gasteiger partial charge is 0.335 e. The fraction of sp³-hybridized carbons (Fsp3) is 0.105. The fourth-order valence-electron chi connectivity index (χ4n) is 2.60. The van der Waals surface area contributed by atoms with Crippen molar-refractivity contribution < 1.29 is 23.9 Å². The van der Waals surface area contributed by atoms with Crippen LogP contribution < -0.4 is 5.32 Å². The van der Waals surface area contributed by atoms with E-state index in [4.69, 9.17) is 9.52 Å². The molecule has 26 heavy (non-hydrogen) atoms. The number of carbonyl (C=O) groups excluding carboxylic acids is 2. The molecule has 1 aliphatic heterocycles. The van der Waals surface area contributed by atoms with Crippen molar-refractivity contribution in [2.24, 2.45) is 0 Å². The normalized spacial score (nSPS) is 15.4. The third kappa shape index (κ3) is 3.14. The van der Waals surface area contributed by atoms with E-state index in [9.17, 15) is 14.4 Å². The lowest BCUT2D eigenvalue weighted by molar-refractivity contribution is -0.122. The molecule has 1 aliphatic rings. The number of nitrogens with zero attached hydrogens (tertiary/aromatic N) is 1. The van der Waals surface area contributed by atoms with E-state index < -0.39 is 17.9 Å². The van der Waals surface area contributed by atoms with Gasteiger partial charge >= 0.3 is 12.0 Å². The predicted octanol–water partition coefficient (Wildman–Crippen LogP) is 3.03. The molecular formula is C19H16N2O5. The van der Waals surface area contributed by atoms with Crippen LogP contribution in [0.3, 0.4) is 0 Å². The summed E-state index contributed by atoms with van der Waals surface area (Å²) in [5.41, 5.74) is 1.75. The maximum atomic E-state index is 12.2. The molecule has 0 spiro atoms. The number of amides is 3. The van der Waals surface area contributed by atoms with Gasteiger partial charge in [-0.1, -0.05) is 12.1 Å². The fourth-order valence-corrected chi connectivity index (χ4v) is 2.60. The zero-order valence-electron chi connectivity index (χ0n) is 14.0. The Morgan fingerprint density at radius 1 is 1.31 bits per heavy atom. The molecule has 0 radical (unpaired) electrons. The lowest BCUT2D eigenvalue weighted by Gasteiger charge is -2.06. The van der Waals surface area contributed by atoms with Gasteiger partial charge < -0.3 is 14.8 Å². The number of urea groups is 1. The molecule has 0 bridgehead atoms. The van der Waals surface area contributed by atoms with Crippen LogP contribution in [0.5, 0.6) is 0 Å². The van der Waals surface area contributed by atoms with Gasteiger partial charge in [0, 0.05) is 18.2 Å². The minimum atomic E-state index is -1.03. The highest BCUT2D eigenvalue weighted by atomic mass is 16.4. The van der Waals surface area contributed by atoms with Gasteiger partial charge in [0.15, 0.2) is 0 Å². The van der Waals surface area contributed by atoms with Crippen LogP contribution in [0.2, 0.25) is 0 Å². The molecule has 2 aromatic rings. The van der Waals surface area contributed by atoms with Gasteiger partial charge in [0.1, 0.15) is 17.2 Å². The van der Waals surface area contributed by atoms with Crippen LogP contribution in [-0.2, 0) is 4.79 Å². The van der Waals surface area contributed by atoms with E-state index in [0.29, 0.717) is 17.1 Å². The summed E-state index contributed by atoms with van der Waals surface area (Å²) >= 11 is 0. The van der Waals surface area contributed by atoms with Gasteiger partial charge in [0.2, 0.25) is 0 Å². The summed E-state index contributed by atoms with van der Waals surface area (Å²) in [6.45, 7) is 5.47. The number of imide groups is 1. The monoisotopic (exact) mass is 352 g/mol. The molecule has 1 aromatic heterocycles. The number of benzene rings is 1. The Labute approximate surface area is 149 Å². The molecule has 7 nitrogen and oxygen atoms in total. The van der Waals surface area contributed by atoms with E-state index in [0.717, 1.165) is 10.5 Å². The molecule has 0 atom stereocenters. The molecule has 2 N–H and O–H groups in total. The second-order valence-electron chi connectivity index (χ2n) is 5.73. The van der Waals surface area contributed by atoms with Crippen LogP contribution >= 0.6 is 0 Å². The number of hydrogen-bond acceptors (Lipinski definition) is 4. The summed E-state index contributed by atoms with van der Waals surface area (Å²) in [5, 5.41) is 11.6. The summed E-state index contributed by atoms with van der Waals surface area (Å²) in [5.74, 6) is -0.653. The molecule has 1 saturated heterocycles. The molecule has 0 aliphatic carbocycles. The van der Waals surface area contributed by atoms with E-state index in [1.165, 1.54) is 24.3 Å². The highest BCUT2D eigenvalue weighted by Crippen LogP contribution is 2.28. The van der Waals surface area contributed by atoms with Gasteiger partial charge in [-0.15, -0.1) is 6.58 Å². The first kappa shape index (κ1) is 17.2. The number of hydrogen-bond donors (Lipinski definition) is 2. The molecule has 0 unspecified atom stereocenters. The molecule has 1 fully saturated rings. The zero-order chi connectivity index (χ0) is 18.8. The first-order chi connectivity index (χ1) is 12.4. The van der Waals surface area contributed by atoms with E-state index in [2.05, 4.69) is 11.9 Å². The molecule has 132 valence electrons. The Hall–Kier alpha value is -3.61. The first-order valence-corrected chi connectivity index (χ1v) is 7.80. The Morgan fingerprint density at radius 2 is 2.08 bits per heavy atom. The predicted molar refractivity (Wildman–Crippen MR) is 94.3 cm³/mol. The second kappa shape index (κ2) is 6.72. The third-order valence-corrected chi connectivity index (χ3v) is 3.94. The number of aromatic carboxylic acids is 1. The van der Waals surface area contributed by atoms with Gasteiger partial charge in [-0.05, 0) is 36.8 Å². The summed E-state index contributed by atoms with van der Waals surface area (Å²) in [6.07, 6.45) is 2.90. The van der Waals surface area contributed by atoms with E-state index in [1.807, 2.05) is 6.92 Å². The lowest BCUT2D eigenvalue weighted by atomic mass is 10.0. The van der Waals surface area contributed by atoms with E-state index >= 15 is 0 Å². The van der Waals surface area contributed by atoms with Crippen molar-refractivity contribution in [2.45, 2.75) is 6.92 Å². The van der Waals surface area contributed by atoms with Crippen LogP contribution in [0.25, 0.3) is 17.4 Å². The van der Waals surface area contributed by atoms with Gasteiger partial charge in [0.25, 0.3) is 5.91 Å². The highest BCUT2D eigenvalue weighted by molar-refractivity contribution is 6.13. The standard InChI is InChI=1S/C19H16N2O5/c1-3-8-21-17(22)15(20-19(21)25)10-13-6-7-16(26-13)14-9-12(18(23)24)5-4-11(14)2/h3-7,9-10H,1,8H2,2H3,(H,20,25)(H,23,24)/b15-10+. The molecule has 7 heteroatoms. The number of rotatable bonds is 5. The minimum absolute atomic E-state index is 0.105. The van der Waals surface area contributed by atoms with Crippen molar-refractivity contribution in [1.29, 1.82) is 0 Å². The third-order valence-electron chi connectivity index (χ3n) is 3.94. The van der Waals surface area contributed by atoms with Crippen LogP contribution in [-0.4, -0.2) is 34.5 Å². The highest BCUT2D eigenvalue weighted by Gasteiger charge is 2.32. The van der Waals surface area contributed by atoms with E-state index in [1.54, 1.807) is 18.2 Å². The van der Waals surface area contributed by atoms with Crippen molar-refractivity contribution in [3.05, 3.63) is 65.6 Å². The molecule has 0 saturated carbocycles. The molecule has 2 heterocycles. The Balaban J connectivity index is 1.91. The van der Waals surface area contributed by atoms with Crippen molar-refractivity contribution in [1.82, 2.24) is 10.2 Å². The first-order valence-electron chi connectivity index (χ1n) is 7.80. The van der Waals surface area contributed by atoms with E-state index in [-0.39, 0.29) is 17.8 Å². The number of carboxylic acids is 1. The summed E-state index contributed by atoms with van der Waals surface area (Å²) < 4.78 is 5.71. The average Bonchev–Trinajstić information content (AvgIpc) is 3.16. The second-order valence-corrected chi connectivity index (χ2v) is 5.73. The van der Waals surface area contributed by atoms with Crippen molar-refractivity contribution in [2.75, 3.05) is 6.54 Å². The summed E-state index contributed by atoms with van der Waals surface area (Å²) in [6, 6.07) is 7.56. The zero-order valence-corrected chi connectivity index (χ0v) is 14.0. The number of carboxylic acid groups (broad SMARTS) is 1. The van der Waals surface area contributed by atoms with Crippen LogP contribution in [0, 0.1) is 6.92 Å². The van der Waals surface area contributed by atoms with Gasteiger partial charge in [0.05, 0.1) is 5.56 Å². The quantitative estimate of drug-likeness (QED) is 0.489. The number of carbonyl (C=O) groups is 3. The maximum Gasteiger partial charge on any atom is 0.335 e. The van der Waals surface area contributed by atoms with Crippen LogP contribution in [0.1, 0.15) is 21.7 Å². The molecular weight excluding hydrogens is 336 g/mol. The van der Waals surface area contributed by atoms with Crippen LogP contribution in [0.15, 0.2) is 53.1 Å². The number of furan rings is 1.